The van der Waals surface area contributed by atoms with E-state index in [1.807, 2.05) is 0 Å². The number of rotatable bonds is 3. The molecule has 7 heteroatoms. The van der Waals surface area contributed by atoms with Crippen molar-refractivity contribution in [1.29, 1.82) is 0 Å². The number of benzene rings is 1. The first kappa shape index (κ1) is 14.1. The van der Waals surface area contributed by atoms with E-state index in [1.54, 1.807) is 0 Å². The minimum atomic E-state index is -1.22. The fraction of sp³-hybridized carbons (Fsp3) is 0. The average molecular weight is 339 g/mol. The van der Waals surface area contributed by atoms with Crippen LogP contribution in [0.5, 0.6) is 0 Å². The molecule has 0 aliphatic rings. The van der Waals surface area contributed by atoms with Gasteiger partial charge in [-0.3, -0.25) is 4.79 Å². The molecule has 0 radical (unpaired) electrons. The van der Waals surface area contributed by atoms with Crippen LogP contribution in [0.4, 0.5) is 10.1 Å². The molecule has 2 aromatic rings. The molecule has 0 aliphatic carbocycles. The summed E-state index contributed by atoms with van der Waals surface area (Å²) in [5, 5.41) is 11.3. The van der Waals surface area contributed by atoms with E-state index in [9.17, 15) is 14.0 Å². The number of carboxylic acids is 1. The lowest BCUT2D eigenvalue weighted by molar-refractivity contribution is 0.0690. The topological polar surface area (TPSA) is 79.3 Å². The number of anilines is 1. The van der Waals surface area contributed by atoms with E-state index in [4.69, 9.17) is 5.11 Å². The SMILES string of the molecule is O=C(O)c1cccc(C(=O)Nc2ccc(F)cc2Br)n1. The maximum absolute atomic E-state index is 12.9. The zero-order valence-corrected chi connectivity index (χ0v) is 11.5. The van der Waals surface area contributed by atoms with Crippen LogP contribution in [-0.4, -0.2) is 22.0 Å². The average Bonchev–Trinajstić information content (AvgIpc) is 2.42. The Kier molecular flexibility index (Phi) is 4.09. The summed E-state index contributed by atoms with van der Waals surface area (Å²) in [5.74, 6) is -2.25. The van der Waals surface area contributed by atoms with Crippen molar-refractivity contribution in [3.05, 3.63) is 58.1 Å². The van der Waals surface area contributed by atoms with Gasteiger partial charge in [-0.25, -0.2) is 14.2 Å². The number of carbonyl (C=O) groups excluding carboxylic acids is 1. The zero-order chi connectivity index (χ0) is 14.7. The smallest absolute Gasteiger partial charge is 0.354 e. The molecule has 0 atom stereocenters. The van der Waals surface area contributed by atoms with Crippen molar-refractivity contribution < 1.29 is 19.1 Å². The molecule has 5 nitrogen and oxygen atoms in total. The molecule has 0 fully saturated rings. The number of hydrogen-bond acceptors (Lipinski definition) is 3. The number of carbonyl (C=O) groups is 2. The molecular weight excluding hydrogens is 331 g/mol. The van der Waals surface area contributed by atoms with Gasteiger partial charge in [0.1, 0.15) is 17.2 Å². The summed E-state index contributed by atoms with van der Waals surface area (Å²) < 4.78 is 13.3. The summed E-state index contributed by atoms with van der Waals surface area (Å²) in [6.07, 6.45) is 0. The van der Waals surface area contributed by atoms with E-state index in [0.29, 0.717) is 10.2 Å². The van der Waals surface area contributed by atoms with Crippen LogP contribution in [0.25, 0.3) is 0 Å². The quantitative estimate of drug-likeness (QED) is 0.901. The summed E-state index contributed by atoms with van der Waals surface area (Å²) in [6.45, 7) is 0. The van der Waals surface area contributed by atoms with E-state index in [0.717, 1.165) is 0 Å². The van der Waals surface area contributed by atoms with Gasteiger partial charge in [-0.2, -0.15) is 0 Å². The first-order valence-electron chi connectivity index (χ1n) is 5.44. The van der Waals surface area contributed by atoms with Crippen LogP contribution in [0.15, 0.2) is 40.9 Å². The second-order valence-electron chi connectivity index (χ2n) is 3.79. The Bertz CT molecular complexity index is 691. The summed E-state index contributed by atoms with van der Waals surface area (Å²) in [5.41, 5.74) is 0.0934. The second-order valence-corrected chi connectivity index (χ2v) is 4.65. The fourth-order valence-corrected chi connectivity index (χ4v) is 1.91. The van der Waals surface area contributed by atoms with Gasteiger partial charge in [-0.05, 0) is 46.3 Å². The Morgan fingerprint density at radius 3 is 2.55 bits per heavy atom. The number of carboxylic acid groups (broad SMARTS) is 1. The molecule has 20 heavy (non-hydrogen) atoms. The lowest BCUT2D eigenvalue weighted by Gasteiger charge is -2.07. The standard InChI is InChI=1S/C13H8BrFN2O3/c14-8-6-7(15)4-5-9(8)17-12(18)10-2-1-3-11(16-10)13(19)20/h1-6H,(H,17,18)(H,19,20). The normalized spacial score (nSPS) is 10.1. The number of aromatic nitrogens is 1. The van der Waals surface area contributed by atoms with Crippen molar-refractivity contribution in [3.63, 3.8) is 0 Å². The largest absolute Gasteiger partial charge is 0.477 e. The van der Waals surface area contributed by atoms with E-state index < -0.39 is 17.7 Å². The van der Waals surface area contributed by atoms with Gasteiger partial charge < -0.3 is 10.4 Å². The van der Waals surface area contributed by atoms with Crippen molar-refractivity contribution in [3.8, 4) is 0 Å². The van der Waals surface area contributed by atoms with Crippen LogP contribution in [0.1, 0.15) is 21.0 Å². The fourth-order valence-electron chi connectivity index (χ4n) is 1.46. The number of aromatic carboxylic acids is 1. The number of halogens is 2. The molecule has 0 bridgehead atoms. The molecule has 0 saturated heterocycles. The second kappa shape index (κ2) is 5.79. The predicted octanol–water partition coefficient (Wildman–Crippen LogP) is 2.93. The summed E-state index contributed by atoms with van der Waals surface area (Å²) in [7, 11) is 0. The van der Waals surface area contributed by atoms with Crippen molar-refractivity contribution in [1.82, 2.24) is 4.98 Å². The Morgan fingerprint density at radius 1 is 1.20 bits per heavy atom. The minimum Gasteiger partial charge on any atom is -0.477 e. The molecule has 1 heterocycles. The minimum absolute atomic E-state index is 0.0406. The maximum Gasteiger partial charge on any atom is 0.354 e. The molecule has 0 spiro atoms. The Labute approximate surface area is 121 Å². The van der Waals surface area contributed by atoms with Crippen molar-refractivity contribution >= 4 is 33.5 Å². The van der Waals surface area contributed by atoms with Crippen LogP contribution in [0, 0.1) is 5.82 Å². The van der Waals surface area contributed by atoms with Crippen molar-refractivity contribution in [2.45, 2.75) is 0 Å². The summed E-state index contributed by atoms with van der Waals surface area (Å²) in [4.78, 5) is 26.4. The van der Waals surface area contributed by atoms with E-state index in [1.165, 1.54) is 36.4 Å². The Balaban J connectivity index is 2.24. The van der Waals surface area contributed by atoms with Gasteiger partial charge in [0.05, 0.1) is 5.69 Å². The molecule has 0 aliphatic heterocycles. The molecule has 1 amide bonds. The van der Waals surface area contributed by atoms with Crippen molar-refractivity contribution in [2.75, 3.05) is 5.32 Å². The molecule has 0 unspecified atom stereocenters. The van der Waals surface area contributed by atoms with Crippen molar-refractivity contribution in [2.24, 2.45) is 0 Å². The lowest BCUT2D eigenvalue weighted by Crippen LogP contribution is -2.15. The predicted molar refractivity (Wildman–Crippen MR) is 73.2 cm³/mol. The molecule has 0 saturated carbocycles. The van der Waals surface area contributed by atoms with Crippen LogP contribution in [0.3, 0.4) is 0 Å². The molecule has 2 rings (SSSR count). The highest BCUT2D eigenvalue weighted by Gasteiger charge is 2.13. The highest BCUT2D eigenvalue weighted by molar-refractivity contribution is 9.10. The number of nitrogens with one attached hydrogen (secondary N) is 1. The van der Waals surface area contributed by atoms with E-state index in [2.05, 4.69) is 26.2 Å². The van der Waals surface area contributed by atoms with E-state index in [-0.39, 0.29) is 11.4 Å². The molecule has 1 aromatic heterocycles. The van der Waals surface area contributed by atoms with Gasteiger partial charge in [-0.1, -0.05) is 6.07 Å². The molecule has 102 valence electrons. The van der Waals surface area contributed by atoms with Crippen LogP contribution in [0.2, 0.25) is 0 Å². The van der Waals surface area contributed by atoms with Gasteiger partial charge in [0.2, 0.25) is 0 Å². The van der Waals surface area contributed by atoms with Gasteiger partial charge in [-0.15, -0.1) is 0 Å². The van der Waals surface area contributed by atoms with Gasteiger partial charge in [0.25, 0.3) is 5.91 Å². The molecular formula is C13H8BrFN2O3. The first-order chi connectivity index (χ1) is 9.47. The highest BCUT2D eigenvalue weighted by atomic mass is 79.9. The van der Waals surface area contributed by atoms with Crippen LogP contribution < -0.4 is 5.32 Å². The van der Waals surface area contributed by atoms with Crippen LogP contribution in [-0.2, 0) is 0 Å². The van der Waals surface area contributed by atoms with Gasteiger partial charge in [0.15, 0.2) is 0 Å². The molecule has 2 N–H and O–H groups in total. The maximum atomic E-state index is 12.9. The summed E-state index contributed by atoms with van der Waals surface area (Å²) in [6, 6.07) is 7.88. The van der Waals surface area contributed by atoms with Gasteiger partial charge in [0, 0.05) is 4.47 Å². The number of amides is 1. The monoisotopic (exact) mass is 338 g/mol. The number of nitrogens with zero attached hydrogens (tertiary/aromatic N) is 1. The number of pyridine rings is 1. The molecule has 1 aromatic carbocycles. The Morgan fingerprint density at radius 2 is 1.90 bits per heavy atom. The lowest BCUT2D eigenvalue weighted by atomic mass is 10.2. The van der Waals surface area contributed by atoms with Gasteiger partial charge >= 0.3 is 5.97 Å². The van der Waals surface area contributed by atoms with E-state index >= 15 is 0 Å². The first-order valence-corrected chi connectivity index (χ1v) is 6.23. The summed E-state index contributed by atoms with van der Waals surface area (Å²) >= 11 is 3.12. The third-order valence-corrected chi connectivity index (χ3v) is 3.04. The third kappa shape index (κ3) is 3.18. The number of hydrogen-bond donors (Lipinski definition) is 2. The zero-order valence-electron chi connectivity index (χ0n) is 9.93. The Hall–Kier alpha value is -2.28. The van der Waals surface area contributed by atoms with Crippen LogP contribution >= 0.6 is 15.9 Å². The third-order valence-electron chi connectivity index (χ3n) is 2.38. The highest BCUT2D eigenvalue weighted by Crippen LogP contribution is 2.23.